The minimum absolute atomic E-state index is 0.706. The first kappa shape index (κ1) is 13.4. The highest BCUT2D eigenvalue weighted by Gasteiger charge is 2.26. The van der Waals surface area contributed by atoms with E-state index in [1.165, 1.54) is 12.8 Å². The summed E-state index contributed by atoms with van der Waals surface area (Å²) in [6.45, 7) is 0.924. The number of hydrogen-bond acceptors (Lipinski definition) is 1. The van der Waals surface area contributed by atoms with E-state index in [0.717, 1.165) is 34.3 Å². The monoisotopic (exact) mass is 306 g/mol. The van der Waals surface area contributed by atoms with Crippen LogP contribution < -0.4 is 0 Å². The van der Waals surface area contributed by atoms with Crippen LogP contribution in [0.4, 0.5) is 0 Å². The van der Waals surface area contributed by atoms with E-state index in [-0.39, 0.29) is 0 Å². The molecular weight excluding hydrogens is 292 g/mol. The van der Waals surface area contributed by atoms with Gasteiger partial charge in [-0.05, 0) is 42.5 Å². The van der Waals surface area contributed by atoms with Crippen LogP contribution in [-0.4, -0.2) is 4.57 Å². The normalized spacial score (nSPS) is 14.2. The van der Waals surface area contributed by atoms with Gasteiger partial charge in [0.1, 0.15) is 11.8 Å². The van der Waals surface area contributed by atoms with Crippen LogP contribution in [-0.2, 0) is 6.54 Å². The molecule has 0 N–H and O–H groups in total. The summed E-state index contributed by atoms with van der Waals surface area (Å²) in [5.41, 5.74) is 3.92. The molecule has 4 rings (SSSR count). The highest BCUT2D eigenvalue weighted by Crippen LogP contribution is 2.39. The molecule has 3 aromatic rings. The molecule has 0 spiro atoms. The van der Waals surface area contributed by atoms with Crippen LogP contribution in [0.2, 0.25) is 5.02 Å². The Morgan fingerprint density at radius 1 is 1.14 bits per heavy atom. The molecule has 22 heavy (non-hydrogen) atoms. The van der Waals surface area contributed by atoms with Crippen molar-refractivity contribution in [2.45, 2.75) is 19.4 Å². The van der Waals surface area contributed by atoms with Crippen LogP contribution in [0.25, 0.3) is 22.0 Å². The zero-order chi connectivity index (χ0) is 15.1. The predicted molar refractivity (Wildman–Crippen MR) is 89.8 cm³/mol. The Hall–Kier alpha value is -2.24. The second kappa shape index (κ2) is 5.19. The fraction of sp³-hybridized carbons (Fsp3) is 0.211. The maximum Gasteiger partial charge on any atom is 0.129 e. The number of halogens is 1. The topological polar surface area (TPSA) is 28.7 Å². The number of hydrogen-bond donors (Lipinski definition) is 0. The van der Waals surface area contributed by atoms with Crippen molar-refractivity contribution in [2.24, 2.45) is 5.92 Å². The smallest absolute Gasteiger partial charge is 0.129 e. The van der Waals surface area contributed by atoms with E-state index in [0.29, 0.717) is 10.9 Å². The van der Waals surface area contributed by atoms with Crippen molar-refractivity contribution in [3.05, 3.63) is 59.2 Å². The van der Waals surface area contributed by atoms with E-state index >= 15 is 0 Å². The molecule has 1 saturated carbocycles. The van der Waals surface area contributed by atoms with Crippen LogP contribution >= 0.6 is 11.6 Å². The maximum absolute atomic E-state index is 9.76. The predicted octanol–water partition coefficient (Wildman–Crippen LogP) is 5.24. The Morgan fingerprint density at radius 3 is 2.59 bits per heavy atom. The lowest BCUT2D eigenvalue weighted by Gasteiger charge is -2.06. The number of aromatic nitrogens is 1. The van der Waals surface area contributed by atoms with Crippen LogP contribution in [0.1, 0.15) is 18.5 Å². The Bertz CT molecular complexity index is 883. The van der Waals surface area contributed by atoms with Crippen molar-refractivity contribution in [1.82, 2.24) is 4.57 Å². The molecule has 1 aliphatic carbocycles. The molecule has 0 amide bonds. The average Bonchev–Trinajstić information content (AvgIpc) is 3.30. The van der Waals surface area contributed by atoms with Crippen LogP contribution in [0.5, 0.6) is 0 Å². The van der Waals surface area contributed by atoms with Gasteiger partial charge in [-0.1, -0.05) is 41.9 Å². The van der Waals surface area contributed by atoms with Gasteiger partial charge >= 0.3 is 0 Å². The number of rotatable bonds is 3. The lowest BCUT2D eigenvalue weighted by atomic mass is 10.0. The first-order valence-corrected chi connectivity index (χ1v) is 7.93. The highest BCUT2D eigenvalue weighted by atomic mass is 35.5. The van der Waals surface area contributed by atoms with Crippen molar-refractivity contribution in [3.63, 3.8) is 0 Å². The third kappa shape index (κ3) is 2.19. The summed E-state index contributed by atoms with van der Waals surface area (Å²) in [6.07, 6.45) is 2.53. The van der Waals surface area contributed by atoms with Crippen LogP contribution in [0.15, 0.2) is 48.5 Å². The molecule has 1 aliphatic rings. The number of fused-ring (bicyclic) bond motifs is 1. The third-order valence-electron chi connectivity index (χ3n) is 4.33. The van der Waals surface area contributed by atoms with Gasteiger partial charge in [-0.15, -0.1) is 0 Å². The summed E-state index contributed by atoms with van der Waals surface area (Å²) in [7, 11) is 0. The lowest BCUT2D eigenvalue weighted by Crippen LogP contribution is -2.02. The largest absolute Gasteiger partial charge is 0.332 e. The second-order valence-corrected chi connectivity index (χ2v) is 6.35. The van der Waals surface area contributed by atoms with E-state index in [1.54, 1.807) is 0 Å². The van der Waals surface area contributed by atoms with E-state index in [9.17, 15) is 5.26 Å². The molecule has 0 bridgehead atoms. The minimum Gasteiger partial charge on any atom is -0.332 e. The molecule has 0 unspecified atom stereocenters. The van der Waals surface area contributed by atoms with Crippen LogP contribution in [0.3, 0.4) is 0 Å². The van der Waals surface area contributed by atoms with Crippen molar-refractivity contribution in [3.8, 4) is 17.2 Å². The van der Waals surface area contributed by atoms with Crippen molar-refractivity contribution < 1.29 is 0 Å². The van der Waals surface area contributed by atoms with Gasteiger partial charge in [0.05, 0.1) is 0 Å². The zero-order valence-corrected chi connectivity index (χ0v) is 12.8. The number of benzene rings is 2. The van der Waals surface area contributed by atoms with E-state index in [2.05, 4.69) is 22.8 Å². The second-order valence-electron chi connectivity index (χ2n) is 5.92. The first-order chi connectivity index (χ1) is 10.8. The van der Waals surface area contributed by atoms with Gasteiger partial charge in [0, 0.05) is 28.0 Å². The summed E-state index contributed by atoms with van der Waals surface area (Å²) in [5.74, 6) is 0.710. The highest BCUT2D eigenvalue weighted by molar-refractivity contribution is 6.31. The summed E-state index contributed by atoms with van der Waals surface area (Å²) >= 11 is 6.21. The van der Waals surface area contributed by atoms with Crippen molar-refractivity contribution in [1.29, 1.82) is 5.26 Å². The molecule has 2 aromatic carbocycles. The molecule has 108 valence electrons. The van der Waals surface area contributed by atoms with Gasteiger partial charge in [-0.2, -0.15) is 5.26 Å². The molecule has 3 heteroatoms. The molecular formula is C19H15ClN2. The van der Waals surface area contributed by atoms with Gasteiger partial charge in [0.15, 0.2) is 0 Å². The maximum atomic E-state index is 9.76. The Kier molecular flexibility index (Phi) is 3.17. The number of nitriles is 1. The quantitative estimate of drug-likeness (QED) is 0.650. The minimum atomic E-state index is 0.706. The SMILES string of the molecule is N#Cc1c(-c2ccccc2)c2cc(Cl)ccc2n1CC1CC1. The average molecular weight is 307 g/mol. The number of nitrogens with zero attached hydrogens (tertiary/aromatic N) is 2. The fourth-order valence-electron chi connectivity index (χ4n) is 3.09. The molecule has 0 atom stereocenters. The van der Waals surface area contributed by atoms with Gasteiger partial charge in [-0.3, -0.25) is 0 Å². The van der Waals surface area contributed by atoms with Crippen LogP contribution in [0, 0.1) is 17.2 Å². The Labute approximate surface area is 134 Å². The summed E-state index contributed by atoms with van der Waals surface area (Å²) in [5, 5.41) is 11.5. The Morgan fingerprint density at radius 2 is 1.91 bits per heavy atom. The van der Waals surface area contributed by atoms with Gasteiger partial charge in [0.2, 0.25) is 0 Å². The molecule has 2 nitrogen and oxygen atoms in total. The van der Waals surface area contributed by atoms with E-state index < -0.39 is 0 Å². The molecule has 1 heterocycles. The Balaban J connectivity index is 2.05. The van der Waals surface area contributed by atoms with E-state index in [1.807, 2.05) is 36.4 Å². The fourth-order valence-corrected chi connectivity index (χ4v) is 3.26. The van der Waals surface area contributed by atoms with Gasteiger partial charge in [0.25, 0.3) is 0 Å². The molecule has 0 saturated heterocycles. The van der Waals surface area contributed by atoms with E-state index in [4.69, 9.17) is 11.6 Å². The first-order valence-electron chi connectivity index (χ1n) is 7.55. The molecule has 0 aliphatic heterocycles. The molecule has 1 fully saturated rings. The van der Waals surface area contributed by atoms with Crippen molar-refractivity contribution >= 4 is 22.5 Å². The van der Waals surface area contributed by atoms with Gasteiger partial charge < -0.3 is 4.57 Å². The summed E-state index contributed by atoms with van der Waals surface area (Å²) in [6, 6.07) is 18.5. The summed E-state index contributed by atoms with van der Waals surface area (Å²) < 4.78 is 2.17. The standard InChI is InChI=1S/C19H15ClN2/c20-15-8-9-17-16(10-15)19(14-4-2-1-3-5-14)18(11-21)22(17)12-13-6-7-13/h1-5,8-10,13H,6-7,12H2. The third-order valence-corrected chi connectivity index (χ3v) is 4.57. The summed E-state index contributed by atoms with van der Waals surface area (Å²) in [4.78, 5) is 0. The molecule has 0 radical (unpaired) electrons. The lowest BCUT2D eigenvalue weighted by molar-refractivity contribution is 0.642. The van der Waals surface area contributed by atoms with Gasteiger partial charge in [-0.25, -0.2) is 0 Å². The zero-order valence-electron chi connectivity index (χ0n) is 12.1. The molecule has 1 aromatic heterocycles. The van der Waals surface area contributed by atoms with Crippen molar-refractivity contribution in [2.75, 3.05) is 0 Å².